The van der Waals surface area contributed by atoms with Gasteiger partial charge in [-0.2, -0.15) is 4.72 Å². The van der Waals surface area contributed by atoms with Crippen LogP contribution in [-0.4, -0.2) is 25.5 Å². The van der Waals surface area contributed by atoms with E-state index in [-0.39, 0.29) is 16.4 Å². The fourth-order valence-corrected chi connectivity index (χ4v) is 3.32. The molecule has 5 nitrogen and oxygen atoms in total. The highest BCUT2D eigenvalue weighted by molar-refractivity contribution is 7.89. The van der Waals surface area contributed by atoms with Crippen LogP contribution in [0, 0.1) is 18.7 Å². The number of halogens is 1. The number of carbonyl (C=O) groups is 1. The summed E-state index contributed by atoms with van der Waals surface area (Å²) in [6.45, 7) is 4.88. The molecule has 0 saturated heterocycles. The lowest BCUT2D eigenvalue weighted by Crippen LogP contribution is -2.45. The molecule has 0 aliphatic rings. The first-order valence-corrected chi connectivity index (χ1v) is 7.68. The van der Waals surface area contributed by atoms with Gasteiger partial charge in [0, 0.05) is 0 Å². The molecule has 1 rings (SSSR count). The van der Waals surface area contributed by atoms with Crippen molar-refractivity contribution in [3.63, 3.8) is 0 Å². The molecule has 0 spiro atoms. The van der Waals surface area contributed by atoms with Crippen LogP contribution in [0.1, 0.15) is 25.8 Å². The van der Waals surface area contributed by atoms with Crippen LogP contribution in [0.15, 0.2) is 23.1 Å². The van der Waals surface area contributed by atoms with Crippen LogP contribution in [0.3, 0.4) is 0 Å². The number of rotatable bonds is 6. The van der Waals surface area contributed by atoms with Crippen molar-refractivity contribution >= 4 is 16.0 Å². The van der Waals surface area contributed by atoms with E-state index >= 15 is 0 Å². The van der Waals surface area contributed by atoms with Crippen molar-refractivity contribution in [2.24, 2.45) is 5.92 Å². The number of nitrogens with one attached hydrogen (secondary N) is 1. The fourth-order valence-electron chi connectivity index (χ4n) is 1.79. The summed E-state index contributed by atoms with van der Waals surface area (Å²) in [5, 5.41) is 9.11. The molecular formula is C13H18FNO4S. The first-order chi connectivity index (χ1) is 9.19. The lowest BCUT2D eigenvalue weighted by molar-refractivity contribution is -0.140. The number of aliphatic carboxylic acids is 1. The second kappa shape index (κ2) is 6.32. The lowest BCUT2D eigenvalue weighted by atomic mass is 10.0. The summed E-state index contributed by atoms with van der Waals surface area (Å²) in [6.07, 6.45) is 0.516. The number of carboxylic acid groups (broad SMARTS) is 1. The minimum atomic E-state index is -4.00. The van der Waals surface area contributed by atoms with Crippen LogP contribution in [0.4, 0.5) is 4.39 Å². The molecular weight excluding hydrogens is 285 g/mol. The van der Waals surface area contributed by atoms with Crippen molar-refractivity contribution in [2.45, 2.75) is 38.1 Å². The Kier molecular flexibility index (Phi) is 5.24. The molecule has 2 unspecified atom stereocenters. The van der Waals surface area contributed by atoms with Gasteiger partial charge in [0.1, 0.15) is 11.9 Å². The van der Waals surface area contributed by atoms with E-state index < -0.39 is 27.9 Å². The van der Waals surface area contributed by atoms with Gasteiger partial charge < -0.3 is 5.11 Å². The van der Waals surface area contributed by atoms with E-state index in [9.17, 15) is 17.6 Å². The van der Waals surface area contributed by atoms with E-state index in [1.165, 1.54) is 6.92 Å². The zero-order valence-electron chi connectivity index (χ0n) is 11.6. The Morgan fingerprint density at radius 3 is 2.50 bits per heavy atom. The SMILES string of the molecule is CCC(C)C(NS(=O)(=O)c1ccc(F)cc1C)C(=O)O. The van der Waals surface area contributed by atoms with Crippen LogP contribution in [0.2, 0.25) is 0 Å². The van der Waals surface area contributed by atoms with Crippen molar-refractivity contribution in [1.29, 1.82) is 0 Å². The van der Waals surface area contributed by atoms with Crippen LogP contribution in [0.5, 0.6) is 0 Å². The van der Waals surface area contributed by atoms with E-state index in [1.54, 1.807) is 13.8 Å². The van der Waals surface area contributed by atoms with Crippen molar-refractivity contribution in [1.82, 2.24) is 4.72 Å². The van der Waals surface area contributed by atoms with E-state index in [2.05, 4.69) is 4.72 Å². The Labute approximate surface area is 117 Å². The molecule has 0 heterocycles. The topological polar surface area (TPSA) is 83.5 Å². The average molecular weight is 303 g/mol. The van der Waals surface area contributed by atoms with Gasteiger partial charge in [0.05, 0.1) is 4.90 Å². The molecule has 2 atom stereocenters. The molecule has 1 aromatic carbocycles. The average Bonchev–Trinajstić information content (AvgIpc) is 2.34. The Morgan fingerprint density at radius 1 is 1.45 bits per heavy atom. The molecule has 112 valence electrons. The minimum Gasteiger partial charge on any atom is -0.480 e. The summed E-state index contributed by atoms with van der Waals surface area (Å²) < 4.78 is 39.6. The molecule has 20 heavy (non-hydrogen) atoms. The summed E-state index contributed by atoms with van der Waals surface area (Å²) in [4.78, 5) is 11.0. The fraction of sp³-hybridized carbons (Fsp3) is 0.462. The summed E-state index contributed by atoms with van der Waals surface area (Å²) >= 11 is 0. The molecule has 1 aromatic rings. The first kappa shape index (κ1) is 16.6. The second-order valence-corrected chi connectivity index (χ2v) is 6.41. The van der Waals surface area contributed by atoms with Crippen LogP contribution in [-0.2, 0) is 14.8 Å². The molecule has 0 bridgehead atoms. The maximum Gasteiger partial charge on any atom is 0.322 e. The Hall–Kier alpha value is -1.47. The van der Waals surface area contributed by atoms with Gasteiger partial charge >= 0.3 is 5.97 Å². The minimum absolute atomic E-state index is 0.117. The highest BCUT2D eigenvalue weighted by Gasteiger charge is 2.30. The van der Waals surface area contributed by atoms with E-state index in [0.717, 1.165) is 18.2 Å². The van der Waals surface area contributed by atoms with Crippen LogP contribution < -0.4 is 4.72 Å². The van der Waals surface area contributed by atoms with Gasteiger partial charge in [-0.25, -0.2) is 12.8 Å². The molecule has 0 aliphatic heterocycles. The molecule has 2 N–H and O–H groups in total. The van der Waals surface area contributed by atoms with Gasteiger partial charge in [0.2, 0.25) is 10.0 Å². The molecule has 0 radical (unpaired) electrons. The third kappa shape index (κ3) is 3.77. The Morgan fingerprint density at radius 2 is 2.05 bits per heavy atom. The molecule has 0 saturated carbocycles. The van der Waals surface area contributed by atoms with E-state index in [1.807, 2.05) is 0 Å². The molecule has 0 aromatic heterocycles. The number of sulfonamides is 1. The molecule has 0 fully saturated rings. The van der Waals surface area contributed by atoms with Gasteiger partial charge in [-0.05, 0) is 36.6 Å². The highest BCUT2D eigenvalue weighted by Crippen LogP contribution is 2.18. The normalized spacial score (nSPS) is 14.8. The zero-order chi connectivity index (χ0) is 15.5. The van der Waals surface area contributed by atoms with Crippen molar-refractivity contribution in [2.75, 3.05) is 0 Å². The standard InChI is InChI=1S/C13H18FNO4S/c1-4-8(2)12(13(16)17)15-20(18,19)11-6-5-10(14)7-9(11)3/h5-8,12,15H,4H2,1-3H3,(H,16,17). The quantitative estimate of drug-likeness (QED) is 0.841. The number of benzene rings is 1. The van der Waals surface area contributed by atoms with Crippen LogP contribution >= 0.6 is 0 Å². The number of hydrogen-bond donors (Lipinski definition) is 2. The van der Waals surface area contributed by atoms with Crippen molar-refractivity contribution in [3.8, 4) is 0 Å². The third-order valence-electron chi connectivity index (χ3n) is 3.19. The molecule has 0 amide bonds. The van der Waals surface area contributed by atoms with Gasteiger partial charge in [-0.3, -0.25) is 4.79 Å². The zero-order valence-corrected chi connectivity index (χ0v) is 12.4. The predicted octanol–water partition coefficient (Wildman–Crippen LogP) is 1.91. The number of hydrogen-bond acceptors (Lipinski definition) is 3. The van der Waals surface area contributed by atoms with E-state index in [4.69, 9.17) is 5.11 Å². The number of carboxylic acids is 1. The van der Waals surface area contributed by atoms with Gasteiger partial charge in [0.25, 0.3) is 0 Å². The first-order valence-electron chi connectivity index (χ1n) is 6.20. The summed E-state index contributed by atoms with van der Waals surface area (Å²) in [6, 6.07) is 2.03. The highest BCUT2D eigenvalue weighted by atomic mass is 32.2. The largest absolute Gasteiger partial charge is 0.480 e. The smallest absolute Gasteiger partial charge is 0.322 e. The van der Waals surface area contributed by atoms with E-state index in [0.29, 0.717) is 6.42 Å². The lowest BCUT2D eigenvalue weighted by Gasteiger charge is -2.20. The predicted molar refractivity (Wildman–Crippen MR) is 72.3 cm³/mol. The summed E-state index contributed by atoms with van der Waals surface area (Å²) in [5.74, 6) is -2.14. The second-order valence-electron chi connectivity index (χ2n) is 4.73. The van der Waals surface area contributed by atoms with Gasteiger partial charge in [-0.1, -0.05) is 20.3 Å². The maximum absolute atomic E-state index is 13.0. The Bertz CT molecular complexity index is 600. The summed E-state index contributed by atoms with van der Waals surface area (Å²) in [7, 11) is -4.00. The maximum atomic E-state index is 13.0. The van der Waals surface area contributed by atoms with Crippen LogP contribution in [0.25, 0.3) is 0 Å². The van der Waals surface area contributed by atoms with Gasteiger partial charge in [0.15, 0.2) is 0 Å². The van der Waals surface area contributed by atoms with Crippen molar-refractivity contribution < 1.29 is 22.7 Å². The molecule has 7 heteroatoms. The van der Waals surface area contributed by atoms with Crippen molar-refractivity contribution in [3.05, 3.63) is 29.6 Å². The molecule has 0 aliphatic carbocycles. The Balaban J connectivity index is 3.13. The number of aryl methyl sites for hydroxylation is 1. The summed E-state index contributed by atoms with van der Waals surface area (Å²) in [5.41, 5.74) is 0.228. The monoisotopic (exact) mass is 303 g/mol. The van der Waals surface area contributed by atoms with Gasteiger partial charge in [-0.15, -0.1) is 0 Å². The third-order valence-corrected chi connectivity index (χ3v) is 4.79.